The van der Waals surface area contributed by atoms with Gasteiger partial charge in [-0.25, -0.2) is 0 Å². The van der Waals surface area contributed by atoms with Gasteiger partial charge in [0.25, 0.3) is 0 Å². The van der Waals surface area contributed by atoms with Crippen LogP contribution in [0.25, 0.3) is 0 Å². The Kier molecular flexibility index (Phi) is 5.41. The summed E-state index contributed by atoms with van der Waals surface area (Å²) in [5.74, 6) is -0.415. The molecule has 0 saturated heterocycles. The highest BCUT2D eigenvalue weighted by Gasteiger charge is 2.21. The summed E-state index contributed by atoms with van der Waals surface area (Å²) in [6, 6.07) is -0.832. The zero-order valence-corrected chi connectivity index (χ0v) is 10.7. The van der Waals surface area contributed by atoms with E-state index < -0.39 is 12.1 Å². The Bertz CT molecular complexity index is 273. The fraction of sp³-hybridized carbons (Fsp3) is 0.833. The van der Waals surface area contributed by atoms with Gasteiger partial charge in [-0.1, -0.05) is 19.3 Å². The molecule has 0 aromatic rings. The highest BCUT2D eigenvalue weighted by Crippen LogP contribution is 2.17. The highest BCUT2D eigenvalue weighted by atomic mass is 16.2. The lowest BCUT2D eigenvalue weighted by Crippen LogP contribution is -2.51. The number of carbonyl (C=O) groups excluding carboxylic acids is 2. The second-order valence-electron chi connectivity index (χ2n) is 4.86. The number of rotatable bonds is 4. The standard InChI is InChI=1S/C12H23N3O2/c1-8(13)11(16)14-9(2)12(17)15-10-6-4-3-5-7-10/h8-10H,3-7,13H2,1-2H3,(H,14,16)(H,15,17)/t8-,9-/m0/s1. The maximum absolute atomic E-state index is 11.8. The molecule has 1 rings (SSSR count). The van der Waals surface area contributed by atoms with Crippen molar-refractivity contribution < 1.29 is 9.59 Å². The van der Waals surface area contributed by atoms with Gasteiger partial charge in [-0.3, -0.25) is 9.59 Å². The van der Waals surface area contributed by atoms with Gasteiger partial charge < -0.3 is 16.4 Å². The minimum Gasteiger partial charge on any atom is -0.352 e. The van der Waals surface area contributed by atoms with E-state index in [0.717, 1.165) is 12.8 Å². The van der Waals surface area contributed by atoms with Crippen LogP contribution in [0, 0.1) is 0 Å². The molecule has 1 aliphatic carbocycles. The van der Waals surface area contributed by atoms with Crippen LogP contribution in [0.2, 0.25) is 0 Å². The van der Waals surface area contributed by atoms with Gasteiger partial charge in [-0.15, -0.1) is 0 Å². The summed E-state index contributed by atoms with van der Waals surface area (Å²) in [7, 11) is 0. The molecule has 1 saturated carbocycles. The molecule has 0 aromatic heterocycles. The van der Waals surface area contributed by atoms with Crippen LogP contribution < -0.4 is 16.4 Å². The Labute approximate surface area is 103 Å². The van der Waals surface area contributed by atoms with Crippen LogP contribution in [-0.4, -0.2) is 29.9 Å². The second kappa shape index (κ2) is 6.59. The third-order valence-electron chi connectivity index (χ3n) is 3.12. The molecular weight excluding hydrogens is 218 g/mol. The molecule has 0 aromatic carbocycles. The SMILES string of the molecule is C[C@H](N)C(=O)N[C@@H](C)C(=O)NC1CCCCC1. The van der Waals surface area contributed by atoms with E-state index in [1.807, 2.05) is 0 Å². The zero-order valence-electron chi connectivity index (χ0n) is 10.7. The first-order chi connectivity index (χ1) is 8.00. The Morgan fingerprint density at radius 3 is 2.24 bits per heavy atom. The van der Waals surface area contributed by atoms with Gasteiger partial charge in [-0.2, -0.15) is 0 Å². The minimum atomic E-state index is -0.583. The number of amides is 2. The maximum Gasteiger partial charge on any atom is 0.242 e. The van der Waals surface area contributed by atoms with Gasteiger partial charge in [0.05, 0.1) is 6.04 Å². The molecule has 4 N–H and O–H groups in total. The molecule has 17 heavy (non-hydrogen) atoms. The molecule has 2 amide bonds. The third kappa shape index (κ3) is 4.73. The van der Waals surface area contributed by atoms with Crippen LogP contribution in [0.5, 0.6) is 0 Å². The molecule has 0 radical (unpaired) electrons. The lowest BCUT2D eigenvalue weighted by Gasteiger charge is -2.25. The van der Waals surface area contributed by atoms with E-state index in [1.54, 1.807) is 13.8 Å². The average Bonchev–Trinajstić information content (AvgIpc) is 2.29. The fourth-order valence-corrected chi connectivity index (χ4v) is 1.98. The van der Waals surface area contributed by atoms with Crippen LogP contribution in [0.4, 0.5) is 0 Å². The van der Waals surface area contributed by atoms with Crippen molar-refractivity contribution in [2.75, 3.05) is 0 Å². The Morgan fingerprint density at radius 1 is 1.12 bits per heavy atom. The highest BCUT2D eigenvalue weighted by molar-refractivity contribution is 5.89. The molecule has 5 nitrogen and oxygen atoms in total. The molecular formula is C12H23N3O2. The van der Waals surface area contributed by atoms with Crippen molar-refractivity contribution in [1.29, 1.82) is 0 Å². The number of nitrogens with one attached hydrogen (secondary N) is 2. The molecule has 1 fully saturated rings. The van der Waals surface area contributed by atoms with E-state index in [9.17, 15) is 9.59 Å². The second-order valence-corrected chi connectivity index (χ2v) is 4.86. The van der Waals surface area contributed by atoms with Gasteiger partial charge in [0.1, 0.15) is 6.04 Å². The van der Waals surface area contributed by atoms with Crippen molar-refractivity contribution in [2.45, 2.75) is 64.1 Å². The summed E-state index contributed by atoms with van der Waals surface area (Å²) in [4.78, 5) is 23.1. The number of hydrogen-bond donors (Lipinski definition) is 3. The third-order valence-corrected chi connectivity index (χ3v) is 3.12. The van der Waals surface area contributed by atoms with Crippen molar-refractivity contribution >= 4 is 11.8 Å². The van der Waals surface area contributed by atoms with Crippen molar-refractivity contribution in [3.05, 3.63) is 0 Å². The predicted molar refractivity (Wildman–Crippen MR) is 66.3 cm³/mol. The molecule has 1 aliphatic rings. The smallest absolute Gasteiger partial charge is 0.242 e. The normalized spacial score (nSPS) is 20.4. The molecule has 0 bridgehead atoms. The predicted octanol–water partition coefficient (Wildman–Crippen LogP) is 0.287. The molecule has 5 heteroatoms. The van der Waals surface area contributed by atoms with E-state index in [1.165, 1.54) is 19.3 Å². The van der Waals surface area contributed by atoms with Crippen LogP contribution in [0.1, 0.15) is 46.0 Å². The van der Waals surface area contributed by atoms with Gasteiger partial charge in [0, 0.05) is 6.04 Å². The van der Waals surface area contributed by atoms with Crippen LogP contribution in [0.15, 0.2) is 0 Å². The van der Waals surface area contributed by atoms with Crippen molar-refractivity contribution in [1.82, 2.24) is 10.6 Å². The molecule has 0 heterocycles. The summed E-state index contributed by atoms with van der Waals surface area (Å²) in [6.45, 7) is 3.28. The molecule has 2 atom stereocenters. The summed E-state index contributed by atoms with van der Waals surface area (Å²) in [5, 5.41) is 5.56. The van der Waals surface area contributed by atoms with Crippen LogP contribution >= 0.6 is 0 Å². The van der Waals surface area contributed by atoms with E-state index in [4.69, 9.17) is 5.73 Å². The quantitative estimate of drug-likeness (QED) is 0.661. The lowest BCUT2D eigenvalue weighted by molar-refractivity contribution is -0.129. The summed E-state index contributed by atoms with van der Waals surface area (Å²) in [5.41, 5.74) is 5.42. The summed E-state index contributed by atoms with van der Waals surface area (Å²) in [6.07, 6.45) is 5.68. The van der Waals surface area contributed by atoms with E-state index >= 15 is 0 Å². The zero-order chi connectivity index (χ0) is 12.8. The molecule has 0 unspecified atom stereocenters. The Morgan fingerprint density at radius 2 is 1.71 bits per heavy atom. The first-order valence-electron chi connectivity index (χ1n) is 6.37. The fourth-order valence-electron chi connectivity index (χ4n) is 1.98. The topological polar surface area (TPSA) is 84.2 Å². The largest absolute Gasteiger partial charge is 0.352 e. The summed E-state index contributed by atoms with van der Waals surface area (Å²) >= 11 is 0. The Hall–Kier alpha value is -1.10. The van der Waals surface area contributed by atoms with Gasteiger partial charge in [-0.05, 0) is 26.7 Å². The van der Waals surface area contributed by atoms with E-state index in [-0.39, 0.29) is 17.9 Å². The van der Waals surface area contributed by atoms with Gasteiger partial charge >= 0.3 is 0 Å². The van der Waals surface area contributed by atoms with Crippen molar-refractivity contribution in [2.24, 2.45) is 5.73 Å². The monoisotopic (exact) mass is 241 g/mol. The van der Waals surface area contributed by atoms with Crippen LogP contribution in [-0.2, 0) is 9.59 Å². The average molecular weight is 241 g/mol. The summed E-state index contributed by atoms with van der Waals surface area (Å²) < 4.78 is 0. The first kappa shape index (κ1) is 14.0. The van der Waals surface area contributed by atoms with Crippen molar-refractivity contribution in [3.63, 3.8) is 0 Å². The lowest BCUT2D eigenvalue weighted by atomic mass is 9.95. The van der Waals surface area contributed by atoms with Gasteiger partial charge in [0.15, 0.2) is 0 Å². The molecule has 0 spiro atoms. The van der Waals surface area contributed by atoms with Gasteiger partial charge in [0.2, 0.25) is 11.8 Å². The van der Waals surface area contributed by atoms with E-state index in [2.05, 4.69) is 10.6 Å². The number of hydrogen-bond acceptors (Lipinski definition) is 3. The number of carbonyl (C=O) groups is 2. The van der Waals surface area contributed by atoms with E-state index in [0.29, 0.717) is 0 Å². The van der Waals surface area contributed by atoms with Crippen LogP contribution in [0.3, 0.4) is 0 Å². The minimum absolute atomic E-state index is 0.120. The first-order valence-corrected chi connectivity index (χ1v) is 6.37. The molecule has 0 aliphatic heterocycles. The number of nitrogens with two attached hydrogens (primary N) is 1. The molecule has 98 valence electrons. The van der Waals surface area contributed by atoms with Crippen molar-refractivity contribution in [3.8, 4) is 0 Å². The Balaban J connectivity index is 2.33. The maximum atomic E-state index is 11.8.